The van der Waals surface area contributed by atoms with Gasteiger partial charge in [-0.15, -0.1) is 10.2 Å². The number of nitrogens with two attached hydrogens (primary N) is 1. The maximum atomic E-state index is 8.76. The van der Waals surface area contributed by atoms with Crippen LogP contribution in [0.4, 0.5) is 0 Å². The van der Waals surface area contributed by atoms with Gasteiger partial charge in [0.15, 0.2) is 5.82 Å². The van der Waals surface area contributed by atoms with Gasteiger partial charge in [0.05, 0.1) is 11.3 Å². The Hall–Kier alpha value is -1.91. The number of nitrogen functional groups attached to an aromatic ring is 1. The molecule has 104 valence electrons. The molecule has 0 radical (unpaired) electrons. The minimum absolute atomic E-state index is 0.187. The van der Waals surface area contributed by atoms with Crippen LogP contribution in [-0.2, 0) is 6.61 Å². The van der Waals surface area contributed by atoms with E-state index in [1.165, 1.54) is 16.4 Å². The van der Waals surface area contributed by atoms with Crippen LogP contribution in [0.15, 0.2) is 29.4 Å². The fourth-order valence-electron chi connectivity index (χ4n) is 1.35. The Morgan fingerprint density at radius 3 is 2.80 bits per heavy atom. The lowest BCUT2D eigenvalue weighted by Crippen LogP contribution is -2.16. The minimum Gasteiger partial charge on any atom is -0.486 e. The van der Waals surface area contributed by atoms with Gasteiger partial charge in [-0.25, -0.2) is 4.68 Å². The third-order valence-corrected chi connectivity index (χ3v) is 3.58. The summed E-state index contributed by atoms with van der Waals surface area (Å²) in [6, 6.07) is 9.08. The molecule has 1 heterocycles. The van der Waals surface area contributed by atoms with Gasteiger partial charge in [0.1, 0.15) is 12.4 Å². The highest BCUT2D eigenvalue weighted by molar-refractivity contribution is 8.00. The molecule has 1 atom stereocenters. The smallest absolute Gasteiger partial charge is 0.211 e. The molecule has 0 aliphatic carbocycles. The van der Waals surface area contributed by atoms with E-state index < -0.39 is 0 Å². The van der Waals surface area contributed by atoms with Gasteiger partial charge in [0.25, 0.3) is 0 Å². The standard InChI is InChI=1S/C12H12ClN5OS/c1-8(6-14)20-12-17-16-11(18(12)15)7-19-10-4-2-9(13)3-5-10/h2-5,8H,7,15H2,1H3/t8-/m0/s1. The molecule has 2 N–H and O–H groups in total. The fourth-order valence-corrected chi connectivity index (χ4v) is 2.15. The van der Waals surface area contributed by atoms with Crippen LogP contribution in [0.25, 0.3) is 0 Å². The number of benzene rings is 1. The molecule has 0 unspecified atom stereocenters. The van der Waals surface area contributed by atoms with Crippen LogP contribution < -0.4 is 10.6 Å². The van der Waals surface area contributed by atoms with E-state index >= 15 is 0 Å². The van der Waals surface area contributed by atoms with E-state index in [2.05, 4.69) is 16.3 Å². The number of rotatable bonds is 5. The highest BCUT2D eigenvalue weighted by Gasteiger charge is 2.13. The van der Waals surface area contributed by atoms with Gasteiger partial charge < -0.3 is 10.6 Å². The molecule has 8 heteroatoms. The van der Waals surface area contributed by atoms with Crippen LogP contribution in [-0.4, -0.2) is 20.1 Å². The molecule has 0 amide bonds. The molecular formula is C12H12ClN5OS. The summed E-state index contributed by atoms with van der Waals surface area (Å²) in [6.45, 7) is 1.95. The molecule has 0 fully saturated rings. The quantitative estimate of drug-likeness (QED) is 0.673. The van der Waals surface area contributed by atoms with Gasteiger partial charge in [-0.05, 0) is 31.2 Å². The monoisotopic (exact) mass is 309 g/mol. The zero-order chi connectivity index (χ0) is 14.5. The molecule has 2 rings (SSSR count). The fraction of sp³-hybridized carbons (Fsp3) is 0.250. The molecule has 1 aromatic heterocycles. The lowest BCUT2D eigenvalue weighted by atomic mass is 10.3. The van der Waals surface area contributed by atoms with Crippen molar-refractivity contribution in [3.63, 3.8) is 0 Å². The van der Waals surface area contributed by atoms with E-state index in [1.807, 2.05) is 0 Å². The first-order valence-corrected chi connectivity index (χ1v) is 7.00. The number of nitriles is 1. The molecule has 0 aliphatic rings. The zero-order valence-electron chi connectivity index (χ0n) is 10.7. The maximum Gasteiger partial charge on any atom is 0.211 e. The van der Waals surface area contributed by atoms with Crippen molar-refractivity contribution in [1.82, 2.24) is 14.9 Å². The lowest BCUT2D eigenvalue weighted by Gasteiger charge is -2.06. The SMILES string of the molecule is C[C@@H](C#N)Sc1nnc(COc2ccc(Cl)cc2)n1N. The van der Waals surface area contributed by atoms with Crippen LogP contribution >= 0.6 is 23.4 Å². The average molecular weight is 310 g/mol. The van der Waals surface area contributed by atoms with Gasteiger partial charge in [-0.1, -0.05) is 23.4 Å². The molecule has 0 saturated carbocycles. The van der Waals surface area contributed by atoms with Crippen molar-refractivity contribution < 1.29 is 4.74 Å². The Morgan fingerprint density at radius 2 is 2.15 bits per heavy atom. The number of halogens is 1. The third kappa shape index (κ3) is 3.56. The van der Waals surface area contributed by atoms with Crippen LogP contribution in [0.2, 0.25) is 5.02 Å². The topological polar surface area (TPSA) is 89.8 Å². The normalized spacial score (nSPS) is 11.8. The number of ether oxygens (including phenoxy) is 1. The summed E-state index contributed by atoms with van der Waals surface area (Å²) in [7, 11) is 0. The zero-order valence-corrected chi connectivity index (χ0v) is 12.2. The van der Waals surface area contributed by atoms with E-state index in [4.69, 9.17) is 27.4 Å². The summed E-state index contributed by atoms with van der Waals surface area (Å²) in [5.74, 6) is 7.00. The summed E-state index contributed by atoms with van der Waals surface area (Å²) in [6.07, 6.45) is 0. The molecular weight excluding hydrogens is 298 g/mol. The first-order valence-electron chi connectivity index (χ1n) is 5.74. The number of hydrogen-bond acceptors (Lipinski definition) is 6. The van der Waals surface area contributed by atoms with E-state index in [-0.39, 0.29) is 11.9 Å². The summed E-state index contributed by atoms with van der Waals surface area (Å²) < 4.78 is 6.86. The molecule has 1 aromatic carbocycles. The molecule has 0 bridgehead atoms. The number of nitrogens with zero attached hydrogens (tertiary/aromatic N) is 4. The summed E-state index contributed by atoms with van der Waals surface area (Å²) >= 11 is 7.03. The van der Waals surface area contributed by atoms with Gasteiger partial charge >= 0.3 is 0 Å². The van der Waals surface area contributed by atoms with Crippen LogP contribution in [0.3, 0.4) is 0 Å². The largest absolute Gasteiger partial charge is 0.486 e. The van der Waals surface area contributed by atoms with Gasteiger partial charge in [-0.2, -0.15) is 5.26 Å². The predicted molar refractivity (Wildman–Crippen MR) is 76.9 cm³/mol. The molecule has 2 aromatic rings. The van der Waals surface area contributed by atoms with E-state index in [1.54, 1.807) is 31.2 Å². The van der Waals surface area contributed by atoms with Crippen LogP contribution in [0.1, 0.15) is 12.7 Å². The summed E-state index contributed by atoms with van der Waals surface area (Å²) in [5.41, 5.74) is 0. The van der Waals surface area contributed by atoms with Crippen molar-refractivity contribution in [2.75, 3.05) is 5.84 Å². The van der Waals surface area contributed by atoms with E-state index in [0.29, 0.717) is 21.8 Å². The Bertz CT molecular complexity index is 622. The Balaban J connectivity index is 2.00. The summed E-state index contributed by atoms with van der Waals surface area (Å²) in [4.78, 5) is 0. The average Bonchev–Trinajstić information content (AvgIpc) is 2.79. The number of thioether (sulfide) groups is 1. The molecule has 0 spiro atoms. The lowest BCUT2D eigenvalue weighted by molar-refractivity contribution is 0.291. The second-order valence-electron chi connectivity index (χ2n) is 3.90. The molecule has 6 nitrogen and oxygen atoms in total. The second-order valence-corrected chi connectivity index (χ2v) is 5.64. The minimum atomic E-state index is -0.244. The molecule has 20 heavy (non-hydrogen) atoms. The Labute approximate surface area is 125 Å². The van der Waals surface area contributed by atoms with Crippen molar-refractivity contribution in [1.29, 1.82) is 5.26 Å². The van der Waals surface area contributed by atoms with Crippen molar-refractivity contribution in [3.8, 4) is 11.8 Å². The van der Waals surface area contributed by atoms with Crippen molar-refractivity contribution in [3.05, 3.63) is 35.1 Å². The molecule has 0 aliphatic heterocycles. The summed E-state index contributed by atoms with van der Waals surface area (Å²) in [5, 5.41) is 17.5. The molecule has 0 saturated heterocycles. The van der Waals surface area contributed by atoms with E-state index in [0.717, 1.165) is 0 Å². The van der Waals surface area contributed by atoms with Gasteiger partial charge in [-0.3, -0.25) is 0 Å². The Morgan fingerprint density at radius 1 is 1.45 bits per heavy atom. The van der Waals surface area contributed by atoms with Crippen molar-refractivity contribution >= 4 is 23.4 Å². The Kier molecular flexibility index (Phi) is 4.71. The number of hydrogen-bond donors (Lipinski definition) is 1. The van der Waals surface area contributed by atoms with Crippen molar-refractivity contribution in [2.24, 2.45) is 0 Å². The van der Waals surface area contributed by atoms with Gasteiger partial charge in [0.2, 0.25) is 5.16 Å². The first kappa shape index (κ1) is 14.5. The van der Waals surface area contributed by atoms with Crippen LogP contribution in [0.5, 0.6) is 5.75 Å². The second kappa shape index (κ2) is 6.50. The van der Waals surface area contributed by atoms with Gasteiger partial charge in [0, 0.05) is 5.02 Å². The highest BCUT2D eigenvalue weighted by atomic mass is 35.5. The highest BCUT2D eigenvalue weighted by Crippen LogP contribution is 2.21. The first-order chi connectivity index (χ1) is 9.60. The maximum absolute atomic E-state index is 8.76. The third-order valence-electron chi connectivity index (χ3n) is 2.38. The van der Waals surface area contributed by atoms with Crippen molar-refractivity contribution in [2.45, 2.75) is 23.9 Å². The van der Waals surface area contributed by atoms with Crippen LogP contribution in [0, 0.1) is 11.3 Å². The van der Waals surface area contributed by atoms with E-state index in [9.17, 15) is 0 Å². The number of aromatic nitrogens is 3. The predicted octanol–water partition coefficient (Wildman–Crippen LogP) is 2.23.